The van der Waals surface area contributed by atoms with Crippen LogP contribution in [0.5, 0.6) is 11.5 Å². The standard InChI is InChI=1S/C18H20O5/c1-9-15(10-5-6-12(21-2)13(7-10)22-3)17-16(9)11(19)8-14(23-4)18(17)20/h5-9,15-17H,1-4H3/t9?,15-,16?,17?/m0/s1. The molecule has 0 N–H and O–H groups in total. The summed E-state index contributed by atoms with van der Waals surface area (Å²) in [5, 5.41) is 0. The maximum atomic E-state index is 12.6. The molecule has 2 aliphatic carbocycles. The number of ether oxygens (including phenoxy) is 3. The Labute approximate surface area is 135 Å². The fraction of sp³-hybridized carbons (Fsp3) is 0.444. The van der Waals surface area contributed by atoms with Gasteiger partial charge in [0.2, 0.25) is 5.78 Å². The van der Waals surface area contributed by atoms with Gasteiger partial charge in [0.05, 0.1) is 21.3 Å². The first-order valence-corrected chi connectivity index (χ1v) is 7.59. The summed E-state index contributed by atoms with van der Waals surface area (Å²) in [4.78, 5) is 24.8. The predicted octanol–water partition coefficient (Wildman–Crippen LogP) is 2.35. The van der Waals surface area contributed by atoms with Gasteiger partial charge in [0.15, 0.2) is 23.0 Å². The van der Waals surface area contributed by atoms with Crippen molar-refractivity contribution in [3.05, 3.63) is 35.6 Å². The third-order valence-electron chi connectivity index (χ3n) is 5.07. The number of hydrogen-bond acceptors (Lipinski definition) is 5. The van der Waals surface area contributed by atoms with Crippen LogP contribution in [-0.4, -0.2) is 32.9 Å². The molecule has 1 saturated carbocycles. The number of allylic oxidation sites excluding steroid dienone is 2. The van der Waals surface area contributed by atoms with E-state index in [1.165, 1.54) is 13.2 Å². The summed E-state index contributed by atoms with van der Waals surface area (Å²) in [6.45, 7) is 2.01. The van der Waals surface area contributed by atoms with Gasteiger partial charge in [0.25, 0.3) is 0 Å². The first-order valence-electron chi connectivity index (χ1n) is 7.59. The molecule has 0 bridgehead atoms. The Hall–Kier alpha value is -2.30. The molecule has 1 aromatic carbocycles. The lowest BCUT2D eigenvalue weighted by molar-refractivity contribution is -0.144. The van der Waals surface area contributed by atoms with Crippen molar-refractivity contribution in [2.45, 2.75) is 12.8 Å². The van der Waals surface area contributed by atoms with Gasteiger partial charge in [-0.1, -0.05) is 13.0 Å². The van der Waals surface area contributed by atoms with Crippen LogP contribution in [-0.2, 0) is 14.3 Å². The van der Waals surface area contributed by atoms with Gasteiger partial charge < -0.3 is 14.2 Å². The first kappa shape index (κ1) is 15.6. The van der Waals surface area contributed by atoms with E-state index < -0.39 is 0 Å². The van der Waals surface area contributed by atoms with Crippen LogP contribution in [0.3, 0.4) is 0 Å². The van der Waals surface area contributed by atoms with E-state index in [1.807, 2.05) is 25.1 Å². The molecule has 0 aliphatic heterocycles. The molecule has 0 saturated heterocycles. The van der Waals surface area contributed by atoms with E-state index in [-0.39, 0.29) is 41.0 Å². The number of rotatable bonds is 4. The third kappa shape index (κ3) is 2.22. The van der Waals surface area contributed by atoms with Gasteiger partial charge in [-0.05, 0) is 29.5 Å². The van der Waals surface area contributed by atoms with Gasteiger partial charge in [0, 0.05) is 17.9 Å². The predicted molar refractivity (Wildman–Crippen MR) is 83.5 cm³/mol. The Morgan fingerprint density at radius 3 is 2.17 bits per heavy atom. The smallest absolute Gasteiger partial charge is 0.201 e. The number of carbonyl (C=O) groups excluding carboxylic acids is 2. The number of methoxy groups -OCH3 is 3. The highest BCUT2D eigenvalue weighted by atomic mass is 16.5. The second-order valence-corrected chi connectivity index (χ2v) is 6.03. The molecule has 3 rings (SSSR count). The SMILES string of the molecule is COC1=CC(=O)C2C(C)[C@@H](c3ccc(OC)c(OC)c3)C2C1=O. The number of benzene rings is 1. The average molecular weight is 316 g/mol. The van der Waals surface area contributed by atoms with E-state index in [2.05, 4.69) is 0 Å². The van der Waals surface area contributed by atoms with E-state index >= 15 is 0 Å². The largest absolute Gasteiger partial charge is 0.493 e. The van der Waals surface area contributed by atoms with Crippen molar-refractivity contribution in [3.8, 4) is 11.5 Å². The van der Waals surface area contributed by atoms with E-state index in [4.69, 9.17) is 14.2 Å². The van der Waals surface area contributed by atoms with E-state index in [1.54, 1.807) is 14.2 Å². The van der Waals surface area contributed by atoms with Crippen molar-refractivity contribution in [2.24, 2.45) is 17.8 Å². The minimum absolute atomic E-state index is 0.0179. The molecule has 4 atom stereocenters. The topological polar surface area (TPSA) is 61.8 Å². The van der Waals surface area contributed by atoms with Crippen LogP contribution in [0.15, 0.2) is 30.0 Å². The lowest BCUT2D eigenvalue weighted by Crippen LogP contribution is -2.53. The third-order valence-corrected chi connectivity index (χ3v) is 5.07. The van der Waals surface area contributed by atoms with Crippen molar-refractivity contribution in [3.63, 3.8) is 0 Å². The van der Waals surface area contributed by atoms with Crippen LogP contribution in [0, 0.1) is 17.8 Å². The van der Waals surface area contributed by atoms with Gasteiger partial charge in [-0.2, -0.15) is 0 Å². The highest BCUT2D eigenvalue weighted by Crippen LogP contribution is 2.56. The summed E-state index contributed by atoms with van der Waals surface area (Å²) in [5.41, 5.74) is 0.981. The van der Waals surface area contributed by atoms with Crippen LogP contribution >= 0.6 is 0 Å². The summed E-state index contributed by atoms with van der Waals surface area (Å²) >= 11 is 0. The maximum absolute atomic E-state index is 12.6. The lowest BCUT2D eigenvalue weighted by atomic mass is 9.51. The normalized spacial score (nSPS) is 29.3. The van der Waals surface area contributed by atoms with Crippen LogP contribution in [0.1, 0.15) is 18.4 Å². The molecule has 3 unspecified atom stereocenters. The minimum Gasteiger partial charge on any atom is -0.493 e. The molecule has 122 valence electrons. The Balaban J connectivity index is 1.97. The summed E-state index contributed by atoms with van der Waals surface area (Å²) in [7, 11) is 4.58. The molecule has 5 heteroatoms. The molecular weight excluding hydrogens is 296 g/mol. The van der Waals surface area contributed by atoms with Crippen LogP contribution in [0.2, 0.25) is 0 Å². The highest BCUT2D eigenvalue weighted by Gasteiger charge is 2.57. The molecule has 1 fully saturated rings. The summed E-state index contributed by atoms with van der Waals surface area (Å²) < 4.78 is 15.7. The zero-order valence-corrected chi connectivity index (χ0v) is 13.7. The highest BCUT2D eigenvalue weighted by molar-refractivity contribution is 6.11. The van der Waals surface area contributed by atoms with E-state index in [0.717, 1.165) is 5.56 Å². The van der Waals surface area contributed by atoms with Gasteiger partial charge in [-0.25, -0.2) is 0 Å². The zero-order valence-electron chi connectivity index (χ0n) is 13.7. The van der Waals surface area contributed by atoms with Gasteiger partial charge in [-0.15, -0.1) is 0 Å². The Kier molecular flexibility index (Phi) is 3.88. The Bertz CT molecular complexity index is 691. The zero-order chi connectivity index (χ0) is 16.7. The van der Waals surface area contributed by atoms with Crippen molar-refractivity contribution < 1.29 is 23.8 Å². The number of fused-ring (bicyclic) bond motifs is 1. The Morgan fingerprint density at radius 2 is 1.57 bits per heavy atom. The van der Waals surface area contributed by atoms with Crippen molar-refractivity contribution in [1.29, 1.82) is 0 Å². The molecule has 0 spiro atoms. The molecular formula is C18H20O5. The second kappa shape index (κ2) is 5.72. The molecule has 1 aromatic rings. The van der Waals surface area contributed by atoms with E-state index in [0.29, 0.717) is 11.5 Å². The van der Waals surface area contributed by atoms with Gasteiger partial charge >= 0.3 is 0 Å². The van der Waals surface area contributed by atoms with Crippen LogP contribution < -0.4 is 9.47 Å². The molecule has 5 nitrogen and oxygen atoms in total. The number of ketones is 2. The minimum atomic E-state index is -0.351. The summed E-state index contributed by atoms with van der Waals surface area (Å²) in [6.07, 6.45) is 1.34. The van der Waals surface area contributed by atoms with Gasteiger partial charge in [-0.3, -0.25) is 9.59 Å². The van der Waals surface area contributed by atoms with Crippen LogP contribution in [0.25, 0.3) is 0 Å². The molecule has 2 aliphatic rings. The van der Waals surface area contributed by atoms with Crippen molar-refractivity contribution in [2.75, 3.05) is 21.3 Å². The number of Topliss-reactive ketones (excluding diaryl/α,β-unsaturated/α-hetero) is 1. The number of carbonyl (C=O) groups is 2. The quantitative estimate of drug-likeness (QED) is 0.853. The van der Waals surface area contributed by atoms with Crippen LogP contribution in [0.4, 0.5) is 0 Å². The summed E-state index contributed by atoms with van der Waals surface area (Å²) in [5.74, 6) is 0.801. The molecule has 0 heterocycles. The number of hydrogen-bond donors (Lipinski definition) is 0. The van der Waals surface area contributed by atoms with Crippen molar-refractivity contribution in [1.82, 2.24) is 0 Å². The van der Waals surface area contributed by atoms with Crippen molar-refractivity contribution >= 4 is 11.6 Å². The van der Waals surface area contributed by atoms with E-state index in [9.17, 15) is 9.59 Å². The maximum Gasteiger partial charge on any atom is 0.201 e. The molecule has 23 heavy (non-hydrogen) atoms. The average Bonchev–Trinajstić information content (AvgIpc) is 2.55. The molecule has 0 aromatic heterocycles. The lowest BCUT2D eigenvalue weighted by Gasteiger charge is -2.50. The fourth-order valence-corrected chi connectivity index (χ4v) is 3.91. The monoisotopic (exact) mass is 316 g/mol. The van der Waals surface area contributed by atoms with Gasteiger partial charge in [0.1, 0.15) is 0 Å². The first-order chi connectivity index (χ1) is 11.0. The Morgan fingerprint density at radius 1 is 0.870 bits per heavy atom. The summed E-state index contributed by atoms with van der Waals surface area (Å²) in [6, 6.07) is 5.65. The fourth-order valence-electron chi connectivity index (χ4n) is 3.91. The molecule has 0 radical (unpaired) electrons. The second-order valence-electron chi connectivity index (χ2n) is 6.03. The molecule has 0 amide bonds.